The third-order valence-corrected chi connectivity index (χ3v) is 2.32. The van der Waals surface area contributed by atoms with Gasteiger partial charge >= 0.3 is 0 Å². The minimum atomic E-state index is -0.537. The summed E-state index contributed by atoms with van der Waals surface area (Å²) in [6, 6.07) is 0. The fourth-order valence-corrected chi connectivity index (χ4v) is 1.06. The van der Waals surface area contributed by atoms with E-state index in [0.717, 1.165) is 0 Å². The van der Waals surface area contributed by atoms with E-state index in [1.807, 2.05) is 0 Å². The van der Waals surface area contributed by atoms with E-state index < -0.39 is 5.41 Å². The van der Waals surface area contributed by atoms with Crippen LogP contribution in [0.3, 0.4) is 0 Å². The highest BCUT2D eigenvalue weighted by atomic mass is 16.5. The van der Waals surface area contributed by atoms with Crippen molar-refractivity contribution in [3.8, 4) is 0 Å². The molecule has 0 aliphatic heterocycles. The van der Waals surface area contributed by atoms with Gasteiger partial charge in [0.2, 0.25) is 11.8 Å². The van der Waals surface area contributed by atoms with Crippen LogP contribution < -0.4 is 11.1 Å². The summed E-state index contributed by atoms with van der Waals surface area (Å²) >= 11 is 0. The third-order valence-electron chi connectivity index (χ3n) is 2.32. The molecule has 6 heteroatoms. The lowest BCUT2D eigenvalue weighted by molar-refractivity contribution is -0.128. The van der Waals surface area contributed by atoms with Gasteiger partial charge in [0.1, 0.15) is 0 Å². The molecule has 1 amide bonds. The largest absolute Gasteiger partial charge is 0.355 e. The Hall–Kier alpha value is -1.43. The molecule has 1 heterocycles. The zero-order valence-electron chi connectivity index (χ0n) is 9.91. The molecule has 90 valence electrons. The summed E-state index contributed by atoms with van der Waals surface area (Å²) < 4.78 is 4.92. The number of nitrogens with two attached hydrogens (primary N) is 1. The van der Waals surface area contributed by atoms with Crippen molar-refractivity contribution in [3.63, 3.8) is 0 Å². The Bertz CT molecular complexity index is 359. The standard InChI is InChI=1S/C10H18N4O2/c1-7-13-8(16-14-7)4-5-12-9(15)10(2,3)6-11/h4-6,11H2,1-3H3,(H,12,15). The van der Waals surface area contributed by atoms with E-state index in [4.69, 9.17) is 10.3 Å². The van der Waals surface area contributed by atoms with E-state index in [-0.39, 0.29) is 5.91 Å². The number of nitrogens with one attached hydrogen (secondary N) is 1. The molecule has 1 aromatic rings. The Morgan fingerprint density at radius 3 is 2.75 bits per heavy atom. The van der Waals surface area contributed by atoms with Gasteiger partial charge in [0.05, 0.1) is 5.41 Å². The number of aryl methyl sites for hydroxylation is 1. The van der Waals surface area contributed by atoms with Crippen molar-refractivity contribution < 1.29 is 9.32 Å². The first-order valence-electron chi connectivity index (χ1n) is 5.23. The van der Waals surface area contributed by atoms with Crippen LogP contribution in [-0.4, -0.2) is 29.1 Å². The number of hydrogen-bond donors (Lipinski definition) is 2. The van der Waals surface area contributed by atoms with Crippen LogP contribution in [0.4, 0.5) is 0 Å². The molecule has 0 radical (unpaired) electrons. The molecule has 1 aromatic heterocycles. The number of rotatable bonds is 5. The number of carbonyl (C=O) groups excluding carboxylic acids is 1. The number of aromatic nitrogens is 2. The topological polar surface area (TPSA) is 94.0 Å². The van der Waals surface area contributed by atoms with E-state index in [2.05, 4.69) is 15.5 Å². The van der Waals surface area contributed by atoms with Crippen molar-refractivity contribution in [1.82, 2.24) is 15.5 Å². The van der Waals surface area contributed by atoms with Crippen LogP contribution in [0.25, 0.3) is 0 Å². The molecule has 0 aliphatic rings. The second kappa shape index (κ2) is 5.07. The quantitative estimate of drug-likeness (QED) is 0.738. The molecule has 0 bridgehead atoms. The van der Waals surface area contributed by atoms with Gasteiger partial charge in [0.15, 0.2) is 5.82 Å². The van der Waals surface area contributed by atoms with Gasteiger partial charge in [-0.05, 0) is 20.8 Å². The van der Waals surface area contributed by atoms with Crippen molar-refractivity contribution >= 4 is 5.91 Å². The van der Waals surface area contributed by atoms with E-state index in [1.165, 1.54) is 0 Å². The van der Waals surface area contributed by atoms with Gasteiger partial charge in [-0.2, -0.15) is 4.98 Å². The van der Waals surface area contributed by atoms with Gasteiger partial charge in [-0.1, -0.05) is 5.16 Å². The van der Waals surface area contributed by atoms with Crippen LogP contribution in [0.1, 0.15) is 25.6 Å². The monoisotopic (exact) mass is 226 g/mol. The normalized spacial score (nSPS) is 11.5. The summed E-state index contributed by atoms with van der Waals surface area (Å²) in [7, 11) is 0. The van der Waals surface area contributed by atoms with Crippen molar-refractivity contribution in [2.75, 3.05) is 13.1 Å². The molecule has 6 nitrogen and oxygen atoms in total. The SMILES string of the molecule is Cc1noc(CCNC(=O)C(C)(C)CN)n1. The summed E-state index contributed by atoms with van der Waals surface area (Å²) in [5.74, 6) is 1.07. The highest BCUT2D eigenvalue weighted by Gasteiger charge is 2.25. The number of amides is 1. The Balaban J connectivity index is 2.33. The van der Waals surface area contributed by atoms with Crippen molar-refractivity contribution in [1.29, 1.82) is 0 Å². The maximum atomic E-state index is 11.6. The van der Waals surface area contributed by atoms with Gasteiger partial charge in [0, 0.05) is 19.5 Å². The lowest BCUT2D eigenvalue weighted by atomic mass is 9.93. The van der Waals surface area contributed by atoms with Gasteiger partial charge < -0.3 is 15.6 Å². The number of hydrogen-bond acceptors (Lipinski definition) is 5. The minimum absolute atomic E-state index is 0.0637. The summed E-state index contributed by atoms with van der Waals surface area (Å²) in [5, 5.41) is 6.45. The zero-order valence-corrected chi connectivity index (χ0v) is 9.91. The Labute approximate surface area is 94.6 Å². The minimum Gasteiger partial charge on any atom is -0.355 e. The number of carbonyl (C=O) groups is 1. The maximum absolute atomic E-state index is 11.6. The average Bonchev–Trinajstić information content (AvgIpc) is 2.64. The van der Waals surface area contributed by atoms with Crippen LogP contribution in [0.2, 0.25) is 0 Å². The third kappa shape index (κ3) is 3.30. The van der Waals surface area contributed by atoms with Crippen LogP contribution in [0.5, 0.6) is 0 Å². The second-order valence-electron chi connectivity index (χ2n) is 4.33. The molecular formula is C10H18N4O2. The van der Waals surface area contributed by atoms with Gasteiger partial charge in [0.25, 0.3) is 0 Å². The fourth-order valence-electron chi connectivity index (χ4n) is 1.06. The van der Waals surface area contributed by atoms with Crippen molar-refractivity contribution in [3.05, 3.63) is 11.7 Å². The van der Waals surface area contributed by atoms with E-state index in [0.29, 0.717) is 31.2 Å². The molecule has 0 atom stereocenters. The Morgan fingerprint density at radius 2 is 2.25 bits per heavy atom. The predicted octanol–water partition coefficient (Wildman–Crippen LogP) is 0.0216. The summed E-state index contributed by atoms with van der Waals surface area (Å²) in [6.07, 6.45) is 0.535. The van der Waals surface area contributed by atoms with E-state index in [1.54, 1.807) is 20.8 Å². The molecule has 0 saturated heterocycles. The molecule has 0 aliphatic carbocycles. The molecule has 0 aromatic carbocycles. The molecule has 0 saturated carbocycles. The highest BCUT2D eigenvalue weighted by molar-refractivity contribution is 5.81. The maximum Gasteiger partial charge on any atom is 0.228 e. The molecule has 1 rings (SSSR count). The predicted molar refractivity (Wildman–Crippen MR) is 58.6 cm³/mol. The van der Waals surface area contributed by atoms with Crippen molar-refractivity contribution in [2.45, 2.75) is 27.2 Å². The lowest BCUT2D eigenvalue weighted by Crippen LogP contribution is -2.42. The summed E-state index contributed by atoms with van der Waals surface area (Å²) in [6.45, 7) is 6.16. The zero-order chi connectivity index (χ0) is 12.2. The van der Waals surface area contributed by atoms with Crippen LogP contribution >= 0.6 is 0 Å². The van der Waals surface area contributed by atoms with Gasteiger partial charge in [-0.15, -0.1) is 0 Å². The Morgan fingerprint density at radius 1 is 1.56 bits per heavy atom. The van der Waals surface area contributed by atoms with Gasteiger partial charge in [-0.3, -0.25) is 4.79 Å². The molecular weight excluding hydrogens is 208 g/mol. The molecule has 0 unspecified atom stereocenters. The first-order valence-corrected chi connectivity index (χ1v) is 5.23. The molecule has 0 spiro atoms. The average molecular weight is 226 g/mol. The van der Waals surface area contributed by atoms with Crippen molar-refractivity contribution in [2.24, 2.45) is 11.1 Å². The van der Waals surface area contributed by atoms with E-state index in [9.17, 15) is 4.79 Å². The van der Waals surface area contributed by atoms with Crippen LogP contribution in [0, 0.1) is 12.3 Å². The van der Waals surface area contributed by atoms with Crippen LogP contribution in [-0.2, 0) is 11.2 Å². The van der Waals surface area contributed by atoms with Gasteiger partial charge in [-0.25, -0.2) is 0 Å². The molecule has 3 N–H and O–H groups in total. The van der Waals surface area contributed by atoms with Crippen LogP contribution in [0.15, 0.2) is 4.52 Å². The Kier molecular flexibility index (Phi) is 4.00. The second-order valence-corrected chi connectivity index (χ2v) is 4.33. The summed E-state index contributed by atoms with van der Waals surface area (Å²) in [5.41, 5.74) is 4.95. The highest BCUT2D eigenvalue weighted by Crippen LogP contribution is 2.11. The molecule has 16 heavy (non-hydrogen) atoms. The first-order chi connectivity index (χ1) is 7.45. The first kappa shape index (κ1) is 12.6. The smallest absolute Gasteiger partial charge is 0.228 e. The fraction of sp³-hybridized carbons (Fsp3) is 0.700. The number of nitrogens with zero attached hydrogens (tertiary/aromatic N) is 2. The van der Waals surface area contributed by atoms with E-state index >= 15 is 0 Å². The molecule has 0 fully saturated rings. The summed E-state index contributed by atoms with van der Waals surface area (Å²) in [4.78, 5) is 15.7. The lowest BCUT2D eigenvalue weighted by Gasteiger charge is -2.20.